The fourth-order valence-corrected chi connectivity index (χ4v) is 2.13. The fraction of sp³-hybridized carbons (Fsp3) is 0.417. The zero-order chi connectivity index (χ0) is 12.7. The van der Waals surface area contributed by atoms with Crippen molar-refractivity contribution < 1.29 is 4.79 Å². The summed E-state index contributed by atoms with van der Waals surface area (Å²) in [5, 5.41) is 6.47. The summed E-state index contributed by atoms with van der Waals surface area (Å²) in [6, 6.07) is 7.52. The monoisotopic (exact) mass is 272 g/mol. The Morgan fingerprint density at radius 3 is 2.82 bits per heavy atom. The third-order valence-corrected chi connectivity index (χ3v) is 3.34. The first-order chi connectivity index (χ1) is 8.13. The highest BCUT2D eigenvalue weighted by molar-refractivity contribution is 7.98. The van der Waals surface area contributed by atoms with Gasteiger partial charge in [-0.15, -0.1) is 0 Å². The van der Waals surface area contributed by atoms with E-state index in [9.17, 15) is 4.79 Å². The lowest BCUT2D eigenvalue weighted by Crippen LogP contribution is -2.35. The quantitative estimate of drug-likeness (QED) is 0.836. The second kappa shape index (κ2) is 7.58. The van der Waals surface area contributed by atoms with E-state index in [-0.39, 0.29) is 5.91 Å². The molecule has 0 heterocycles. The molecule has 1 amide bonds. The average molecular weight is 273 g/mol. The molecule has 5 heteroatoms. The topological polar surface area (TPSA) is 41.1 Å². The molecule has 3 nitrogen and oxygen atoms in total. The number of hydrogen-bond acceptors (Lipinski definition) is 3. The molecule has 0 fully saturated rings. The molecule has 0 aliphatic rings. The Morgan fingerprint density at radius 1 is 1.47 bits per heavy atom. The van der Waals surface area contributed by atoms with E-state index in [4.69, 9.17) is 11.6 Å². The number of carbonyl (C=O) groups is 1. The average Bonchev–Trinajstić information content (AvgIpc) is 2.30. The van der Waals surface area contributed by atoms with E-state index in [1.807, 2.05) is 18.4 Å². The van der Waals surface area contributed by atoms with Crippen molar-refractivity contribution in [1.82, 2.24) is 5.32 Å². The predicted molar refractivity (Wildman–Crippen MR) is 75.9 cm³/mol. The molecular formula is C12H17ClN2OS. The molecule has 1 aromatic rings. The van der Waals surface area contributed by atoms with Gasteiger partial charge >= 0.3 is 0 Å². The minimum absolute atomic E-state index is 0.0777. The summed E-state index contributed by atoms with van der Waals surface area (Å²) >= 11 is 7.69. The number of anilines is 1. The summed E-state index contributed by atoms with van der Waals surface area (Å²) in [5.74, 6) is 0.908. The van der Waals surface area contributed by atoms with Gasteiger partial charge in [-0.25, -0.2) is 0 Å². The molecule has 0 aliphatic heterocycles. The smallest absolute Gasteiger partial charge is 0.238 e. The van der Waals surface area contributed by atoms with Crippen LogP contribution in [0.15, 0.2) is 24.3 Å². The Hall–Kier alpha value is -0.710. The van der Waals surface area contributed by atoms with Gasteiger partial charge in [-0.2, -0.15) is 11.8 Å². The van der Waals surface area contributed by atoms with Crippen molar-refractivity contribution in [3.8, 4) is 0 Å². The first-order valence-electron chi connectivity index (χ1n) is 5.40. The fourth-order valence-electron chi connectivity index (χ4n) is 1.33. The minimum Gasteiger partial charge on any atom is -0.324 e. The van der Waals surface area contributed by atoms with E-state index in [0.29, 0.717) is 23.3 Å². The zero-order valence-corrected chi connectivity index (χ0v) is 11.6. The van der Waals surface area contributed by atoms with E-state index < -0.39 is 0 Å². The van der Waals surface area contributed by atoms with E-state index in [1.165, 1.54) is 0 Å². The van der Waals surface area contributed by atoms with Crippen LogP contribution in [0, 0.1) is 0 Å². The van der Waals surface area contributed by atoms with Crippen LogP contribution in [0.4, 0.5) is 5.69 Å². The standard InChI is InChI=1S/C12H17ClN2OS/c1-9(8-17-2)14-7-12(16)15-11-6-4-3-5-10(11)13/h3-6,9,14H,7-8H2,1-2H3,(H,15,16). The molecule has 94 valence electrons. The maximum absolute atomic E-state index is 11.6. The molecule has 1 atom stereocenters. The third-order valence-electron chi connectivity index (χ3n) is 2.18. The molecule has 1 unspecified atom stereocenters. The molecule has 17 heavy (non-hydrogen) atoms. The SMILES string of the molecule is CSCC(C)NCC(=O)Nc1ccccc1Cl. The van der Waals surface area contributed by atoms with Gasteiger partial charge in [0.15, 0.2) is 0 Å². The molecule has 1 aromatic carbocycles. The van der Waals surface area contributed by atoms with Crippen molar-refractivity contribution in [2.45, 2.75) is 13.0 Å². The van der Waals surface area contributed by atoms with Crippen LogP contribution in [0.3, 0.4) is 0 Å². The predicted octanol–water partition coefficient (Wildman–Crippen LogP) is 2.62. The first-order valence-corrected chi connectivity index (χ1v) is 7.17. The maximum atomic E-state index is 11.6. The highest BCUT2D eigenvalue weighted by atomic mass is 35.5. The van der Waals surface area contributed by atoms with Crippen molar-refractivity contribution in [3.63, 3.8) is 0 Å². The van der Waals surface area contributed by atoms with E-state index in [1.54, 1.807) is 23.9 Å². The van der Waals surface area contributed by atoms with Crippen LogP contribution in [-0.4, -0.2) is 30.5 Å². The van der Waals surface area contributed by atoms with Gasteiger partial charge < -0.3 is 10.6 Å². The van der Waals surface area contributed by atoms with Crippen LogP contribution < -0.4 is 10.6 Å². The third kappa shape index (κ3) is 5.44. The molecule has 1 rings (SSSR count). The zero-order valence-electron chi connectivity index (χ0n) is 10.00. The van der Waals surface area contributed by atoms with Crippen LogP contribution in [0.25, 0.3) is 0 Å². The molecule has 0 aliphatic carbocycles. The summed E-state index contributed by atoms with van der Waals surface area (Å²) < 4.78 is 0. The number of carbonyl (C=O) groups excluding carboxylic acids is 1. The largest absolute Gasteiger partial charge is 0.324 e. The number of nitrogens with one attached hydrogen (secondary N) is 2. The van der Waals surface area contributed by atoms with E-state index in [0.717, 1.165) is 5.75 Å². The summed E-state index contributed by atoms with van der Waals surface area (Å²) in [5.41, 5.74) is 0.651. The molecule has 2 N–H and O–H groups in total. The van der Waals surface area contributed by atoms with Crippen LogP contribution in [-0.2, 0) is 4.79 Å². The Bertz CT molecular complexity index is 373. The molecule has 0 saturated carbocycles. The van der Waals surface area contributed by atoms with Crippen molar-refractivity contribution in [1.29, 1.82) is 0 Å². The minimum atomic E-state index is -0.0777. The number of benzene rings is 1. The van der Waals surface area contributed by atoms with E-state index >= 15 is 0 Å². The van der Waals surface area contributed by atoms with Crippen molar-refractivity contribution in [3.05, 3.63) is 29.3 Å². The lowest BCUT2D eigenvalue weighted by Gasteiger charge is -2.12. The summed E-state index contributed by atoms with van der Waals surface area (Å²) in [6.07, 6.45) is 2.04. The van der Waals surface area contributed by atoms with Gasteiger partial charge in [0.1, 0.15) is 0 Å². The molecule has 0 radical (unpaired) electrons. The normalized spacial score (nSPS) is 12.2. The van der Waals surface area contributed by atoms with Gasteiger partial charge in [0.25, 0.3) is 0 Å². The highest BCUT2D eigenvalue weighted by Crippen LogP contribution is 2.19. The van der Waals surface area contributed by atoms with Crippen molar-refractivity contribution in [2.75, 3.05) is 23.9 Å². The van der Waals surface area contributed by atoms with Gasteiger partial charge in [0, 0.05) is 11.8 Å². The maximum Gasteiger partial charge on any atom is 0.238 e. The number of para-hydroxylation sites is 1. The first kappa shape index (κ1) is 14.4. The highest BCUT2D eigenvalue weighted by Gasteiger charge is 2.06. The lowest BCUT2D eigenvalue weighted by molar-refractivity contribution is -0.115. The van der Waals surface area contributed by atoms with Crippen LogP contribution in [0.5, 0.6) is 0 Å². The van der Waals surface area contributed by atoms with Crippen molar-refractivity contribution in [2.24, 2.45) is 0 Å². The van der Waals surface area contributed by atoms with Gasteiger partial charge in [0.05, 0.1) is 17.3 Å². The Labute approximate surface area is 111 Å². The molecular weight excluding hydrogens is 256 g/mol. The molecule has 0 saturated heterocycles. The second-order valence-corrected chi connectivity index (χ2v) is 5.08. The molecule has 0 aromatic heterocycles. The molecule has 0 spiro atoms. The summed E-state index contributed by atoms with van der Waals surface area (Å²) in [7, 11) is 0. The van der Waals surface area contributed by atoms with Crippen LogP contribution >= 0.6 is 23.4 Å². The Morgan fingerprint density at radius 2 is 2.18 bits per heavy atom. The van der Waals surface area contributed by atoms with Gasteiger partial charge in [0.2, 0.25) is 5.91 Å². The Balaban J connectivity index is 2.37. The van der Waals surface area contributed by atoms with Crippen LogP contribution in [0.2, 0.25) is 5.02 Å². The van der Waals surface area contributed by atoms with Gasteiger partial charge in [-0.3, -0.25) is 4.79 Å². The Kier molecular flexibility index (Phi) is 6.40. The van der Waals surface area contributed by atoms with Gasteiger partial charge in [-0.05, 0) is 25.3 Å². The summed E-state index contributed by atoms with van der Waals surface area (Å²) in [6.45, 7) is 2.35. The van der Waals surface area contributed by atoms with Gasteiger partial charge in [-0.1, -0.05) is 23.7 Å². The number of amides is 1. The van der Waals surface area contributed by atoms with E-state index in [2.05, 4.69) is 17.6 Å². The number of rotatable bonds is 6. The van der Waals surface area contributed by atoms with Crippen molar-refractivity contribution >= 4 is 35.0 Å². The second-order valence-electron chi connectivity index (χ2n) is 3.77. The molecule has 0 bridgehead atoms. The van der Waals surface area contributed by atoms with Crippen LogP contribution in [0.1, 0.15) is 6.92 Å². The number of thioether (sulfide) groups is 1. The lowest BCUT2D eigenvalue weighted by atomic mass is 10.3. The summed E-state index contributed by atoms with van der Waals surface area (Å²) in [4.78, 5) is 11.6. The number of hydrogen-bond donors (Lipinski definition) is 2. The number of halogens is 1.